The first-order chi connectivity index (χ1) is 10.2. The van der Waals surface area contributed by atoms with Gasteiger partial charge in [-0.05, 0) is 47.1 Å². The lowest BCUT2D eigenvalue weighted by atomic mass is 10.2. The molecule has 2 aromatic rings. The van der Waals surface area contributed by atoms with Gasteiger partial charge in [0.2, 0.25) is 0 Å². The molecule has 0 aliphatic heterocycles. The number of nitrogens with one attached hydrogen (secondary N) is 1. The van der Waals surface area contributed by atoms with Crippen molar-refractivity contribution >= 4 is 37.6 Å². The molecule has 0 aromatic heterocycles. The Morgan fingerprint density at radius 1 is 1.23 bits per heavy atom. The minimum absolute atomic E-state index is 0.000543. The summed E-state index contributed by atoms with van der Waals surface area (Å²) in [6, 6.07) is 7.91. The van der Waals surface area contributed by atoms with Gasteiger partial charge < -0.3 is 5.11 Å². The van der Waals surface area contributed by atoms with Crippen molar-refractivity contribution in [3.05, 3.63) is 57.8 Å². The van der Waals surface area contributed by atoms with Crippen LogP contribution >= 0.6 is 15.9 Å². The van der Waals surface area contributed by atoms with Gasteiger partial charge in [-0.3, -0.25) is 4.72 Å². The standard InChI is InChI=1S/C14H11BrFNO4S/c1-8-2-4-10(5-3-8)22(20,21)17-13-11(15)6-9(14(18)19)7-12(13)16/h2-7,17H,1H3,(H,18,19). The molecule has 0 aliphatic rings. The van der Waals surface area contributed by atoms with E-state index in [1.165, 1.54) is 12.1 Å². The van der Waals surface area contributed by atoms with Gasteiger partial charge in [-0.2, -0.15) is 0 Å². The molecule has 5 nitrogen and oxygen atoms in total. The molecule has 8 heteroatoms. The van der Waals surface area contributed by atoms with Crippen molar-refractivity contribution in [3.63, 3.8) is 0 Å². The second-order valence-electron chi connectivity index (χ2n) is 4.54. The molecule has 0 radical (unpaired) electrons. The van der Waals surface area contributed by atoms with Gasteiger partial charge in [0.1, 0.15) is 5.82 Å². The largest absolute Gasteiger partial charge is 0.478 e. The van der Waals surface area contributed by atoms with Gasteiger partial charge in [-0.25, -0.2) is 17.6 Å². The van der Waals surface area contributed by atoms with Gasteiger partial charge in [0.25, 0.3) is 10.0 Å². The third-order valence-electron chi connectivity index (χ3n) is 2.86. The molecular weight excluding hydrogens is 377 g/mol. The maximum absolute atomic E-state index is 14.0. The number of aromatic carboxylic acids is 1. The van der Waals surface area contributed by atoms with E-state index < -0.39 is 21.8 Å². The van der Waals surface area contributed by atoms with E-state index in [1.54, 1.807) is 12.1 Å². The number of rotatable bonds is 4. The molecule has 0 unspecified atom stereocenters. The molecule has 0 saturated carbocycles. The molecule has 0 fully saturated rings. The van der Waals surface area contributed by atoms with E-state index in [1.807, 2.05) is 6.92 Å². The summed E-state index contributed by atoms with van der Waals surface area (Å²) in [7, 11) is -3.98. The van der Waals surface area contributed by atoms with Gasteiger partial charge in [-0.15, -0.1) is 0 Å². The van der Waals surface area contributed by atoms with Crippen LogP contribution < -0.4 is 4.72 Å². The normalized spacial score (nSPS) is 11.2. The Kier molecular flexibility index (Phi) is 4.52. The van der Waals surface area contributed by atoms with Crippen molar-refractivity contribution in [2.45, 2.75) is 11.8 Å². The molecule has 0 atom stereocenters. The number of carbonyl (C=O) groups is 1. The number of carboxylic acids is 1. The Balaban J connectivity index is 2.42. The zero-order valence-corrected chi connectivity index (χ0v) is 13.7. The van der Waals surface area contributed by atoms with Crippen molar-refractivity contribution in [2.75, 3.05) is 4.72 Å². The summed E-state index contributed by atoms with van der Waals surface area (Å²) in [5.74, 6) is -2.30. The molecule has 2 N–H and O–H groups in total. The molecule has 2 aromatic carbocycles. The van der Waals surface area contributed by atoms with Gasteiger partial charge in [0.15, 0.2) is 0 Å². The van der Waals surface area contributed by atoms with Gasteiger partial charge >= 0.3 is 5.97 Å². The Hall–Kier alpha value is -1.93. The molecule has 0 bridgehead atoms. The number of sulfonamides is 1. The molecule has 116 valence electrons. The van der Waals surface area contributed by atoms with E-state index in [0.717, 1.165) is 17.7 Å². The maximum Gasteiger partial charge on any atom is 0.335 e. The van der Waals surface area contributed by atoms with Crippen molar-refractivity contribution in [3.8, 4) is 0 Å². The van der Waals surface area contributed by atoms with E-state index in [2.05, 4.69) is 20.7 Å². The smallest absolute Gasteiger partial charge is 0.335 e. The quantitative estimate of drug-likeness (QED) is 0.841. The highest BCUT2D eigenvalue weighted by atomic mass is 79.9. The molecule has 22 heavy (non-hydrogen) atoms. The van der Waals surface area contributed by atoms with E-state index in [9.17, 15) is 17.6 Å². The van der Waals surface area contributed by atoms with Crippen LogP contribution in [-0.4, -0.2) is 19.5 Å². The highest BCUT2D eigenvalue weighted by molar-refractivity contribution is 9.10. The van der Waals surface area contributed by atoms with Crippen molar-refractivity contribution in [2.24, 2.45) is 0 Å². The van der Waals surface area contributed by atoms with Crippen LogP contribution in [0.4, 0.5) is 10.1 Å². The first kappa shape index (κ1) is 16.4. The molecule has 0 aliphatic carbocycles. The van der Waals surface area contributed by atoms with Crippen LogP contribution in [0.3, 0.4) is 0 Å². The summed E-state index contributed by atoms with van der Waals surface area (Å²) < 4.78 is 40.5. The third kappa shape index (κ3) is 3.45. The lowest BCUT2D eigenvalue weighted by Gasteiger charge is -2.11. The number of carboxylic acid groups (broad SMARTS) is 1. The highest BCUT2D eigenvalue weighted by Crippen LogP contribution is 2.29. The van der Waals surface area contributed by atoms with E-state index >= 15 is 0 Å². The average molecular weight is 388 g/mol. The van der Waals surface area contributed by atoms with Crippen LogP contribution in [0.2, 0.25) is 0 Å². The number of aryl methyl sites for hydroxylation is 1. The van der Waals surface area contributed by atoms with Crippen LogP contribution in [0.25, 0.3) is 0 Å². The van der Waals surface area contributed by atoms with E-state index in [-0.39, 0.29) is 20.6 Å². The fourth-order valence-corrected chi connectivity index (χ4v) is 3.46. The first-order valence-corrected chi connectivity index (χ1v) is 8.30. The lowest BCUT2D eigenvalue weighted by Crippen LogP contribution is -2.15. The van der Waals surface area contributed by atoms with Crippen molar-refractivity contribution < 1.29 is 22.7 Å². The zero-order valence-electron chi connectivity index (χ0n) is 11.3. The monoisotopic (exact) mass is 387 g/mol. The number of hydrogen-bond acceptors (Lipinski definition) is 3. The minimum atomic E-state index is -3.98. The first-order valence-electron chi connectivity index (χ1n) is 6.02. The molecule has 0 heterocycles. The predicted octanol–water partition coefficient (Wildman–Crippen LogP) is 3.40. The van der Waals surface area contributed by atoms with Crippen LogP contribution in [0.1, 0.15) is 15.9 Å². The van der Waals surface area contributed by atoms with Gasteiger partial charge in [0.05, 0.1) is 16.1 Å². The second kappa shape index (κ2) is 6.05. The third-order valence-corrected chi connectivity index (χ3v) is 4.85. The predicted molar refractivity (Wildman–Crippen MR) is 83.0 cm³/mol. The summed E-state index contributed by atoms with van der Waals surface area (Å²) in [5, 5.41) is 8.84. The lowest BCUT2D eigenvalue weighted by molar-refractivity contribution is 0.0696. The van der Waals surface area contributed by atoms with Crippen LogP contribution in [0.15, 0.2) is 45.8 Å². The topological polar surface area (TPSA) is 83.5 Å². The molecule has 0 spiro atoms. The van der Waals surface area contributed by atoms with E-state index in [4.69, 9.17) is 5.11 Å². The van der Waals surface area contributed by atoms with E-state index in [0.29, 0.717) is 0 Å². The molecule has 0 amide bonds. The molecular formula is C14H11BrFNO4S. The maximum atomic E-state index is 14.0. The summed E-state index contributed by atoms with van der Waals surface area (Å²) >= 11 is 2.97. The summed E-state index contributed by atoms with van der Waals surface area (Å²) in [4.78, 5) is 10.8. The fraction of sp³-hybridized carbons (Fsp3) is 0.0714. The second-order valence-corrected chi connectivity index (χ2v) is 7.08. The summed E-state index contributed by atoms with van der Waals surface area (Å²) in [6.45, 7) is 1.81. The SMILES string of the molecule is Cc1ccc(S(=O)(=O)Nc2c(F)cc(C(=O)O)cc2Br)cc1. The summed E-state index contributed by atoms with van der Waals surface area (Å²) in [5.41, 5.74) is 0.255. The Labute approximate surface area is 135 Å². The minimum Gasteiger partial charge on any atom is -0.478 e. The molecule has 0 saturated heterocycles. The van der Waals surface area contributed by atoms with Gasteiger partial charge in [-0.1, -0.05) is 17.7 Å². The van der Waals surface area contributed by atoms with Crippen LogP contribution in [0, 0.1) is 12.7 Å². The average Bonchev–Trinajstić information content (AvgIpc) is 2.43. The fourth-order valence-electron chi connectivity index (χ4n) is 1.70. The number of anilines is 1. The van der Waals surface area contributed by atoms with Crippen LogP contribution in [0.5, 0.6) is 0 Å². The Morgan fingerprint density at radius 2 is 1.82 bits per heavy atom. The van der Waals surface area contributed by atoms with Crippen molar-refractivity contribution in [1.82, 2.24) is 0 Å². The number of benzene rings is 2. The molecule has 2 rings (SSSR count). The van der Waals surface area contributed by atoms with Gasteiger partial charge in [0, 0.05) is 4.47 Å². The Morgan fingerprint density at radius 3 is 2.32 bits per heavy atom. The highest BCUT2D eigenvalue weighted by Gasteiger charge is 2.20. The van der Waals surface area contributed by atoms with Crippen molar-refractivity contribution in [1.29, 1.82) is 0 Å². The zero-order chi connectivity index (χ0) is 16.5. The number of halogens is 2. The Bertz CT molecular complexity index is 811. The van der Waals surface area contributed by atoms with Crippen LogP contribution in [-0.2, 0) is 10.0 Å². The number of hydrogen-bond donors (Lipinski definition) is 2. The summed E-state index contributed by atoms with van der Waals surface area (Å²) in [6.07, 6.45) is 0.